The number of ether oxygens (including phenoxy) is 1. The van der Waals surface area contributed by atoms with E-state index in [1.54, 1.807) is 25.1 Å². The van der Waals surface area contributed by atoms with Gasteiger partial charge >= 0.3 is 5.97 Å². The molecule has 1 N–H and O–H groups in total. The first-order valence-corrected chi connectivity index (χ1v) is 9.95. The van der Waals surface area contributed by atoms with Gasteiger partial charge in [-0.15, -0.1) is 0 Å². The molecule has 0 fully saturated rings. The summed E-state index contributed by atoms with van der Waals surface area (Å²) in [6.45, 7) is 5.32. The molecule has 7 nitrogen and oxygen atoms in total. The Bertz CT molecular complexity index is 826. The van der Waals surface area contributed by atoms with Crippen LogP contribution in [0.25, 0.3) is 0 Å². The first-order chi connectivity index (χ1) is 13.9. The van der Waals surface area contributed by atoms with E-state index in [1.807, 2.05) is 12.1 Å². The molecule has 1 aromatic carbocycles. The van der Waals surface area contributed by atoms with Gasteiger partial charge in [0.2, 0.25) is 0 Å². The van der Waals surface area contributed by atoms with Crippen molar-refractivity contribution in [1.82, 2.24) is 5.16 Å². The Hall–Kier alpha value is -2.96. The second-order valence-electron chi connectivity index (χ2n) is 7.02. The number of ketones is 1. The van der Waals surface area contributed by atoms with Gasteiger partial charge in [0.1, 0.15) is 5.76 Å². The highest BCUT2D eigenvalue weighted by molar-refractivity contribution is 5.98. The zero-order chi connectivity index (χ0) is 21.2. The quantitative estimate of drug-likeness (QED) is 0.344. The van der Waals surface area contributed by atoms with Gasteiger partial charge in [0.15, 0.2) is 17.7 Å². The molecule has 0 saturated heterocycles. The van der Waals surface area contributed by atoms with E-state index in [1.165, 1.54) is 25.3 Å². The number of nitrogens with one attached hydrogen (secondary N) is 1. The molecule has 0 aliphatic carbocycles. The van der Waals surface area contributed by atoms with E-state index >= 15 is 0 Å². The lowest BCUT2D eigenvalue weighted by atomic mass is 10.0. The smallest absolute Gasteiger partial charge is 0.307 e. The standard InChI is InChI=1S/C22H28N2O5/c1-4-5-6-7-17-8-10-18(11-9-17)19(25)12-13-21(26)28-16(3)22(27)23-20-14-15(2)29-24-20/h8-11,14,16H,4-7,12-13H2,1-3H3,(H,23,24,27). The molecule has 0 spiro atoms. The average molecular weight is 400 g/mol. The highest BCUT2D eigenvalue weighted by Gasteiger charge is 2.20. The van der Waals surface area contributed by atoms with Gasteiger partial charge in [-0.2, -0.15) is 0 Å². The number of aryl methyl sites for hydroxylation is 2. The number of unbranched alkanes of at least 4 members (excludes halogenated alkanes) is 2. The van der Waals surface area contributed by atoms with Crippen LogP contribution < -0.4 is 5.32 Å². The molecule has 7 heteroatoms. The summed E-state index contributed by atoms with van der Waals surface area (Å²) < 4.78 is 9.94. The van der Waals surface area contributed by atoms with E-state index in [2.05, 4.69) is 17.4 Å². The van der Waals surface area contributed by atoms with E-state index in [-0.39, 0.29) is 24.4 Å². The number of carbonyl (C=O) groups excluding carboxylic acids is 3. The molecule has 156 valence electrons. The first kappa shape index (κ1) is 22.3. The highest BCUT2D eigenvalue weighted by atomic mass is 16.5. The maximum atomic E-state index is 12.3. The number of anilines is 1. The van der Waals surface area contributed by atoms with Crippen molar-refractivity contribution in [1.29, 1.82) is 0 Å². The molecule has 0 aliphatic rings. The highest BCUT2D eigenvalue weighted by Crippen LogP contribution is 2.12. The Labute approximate surface area is 170 Å². The van der Waals surface area contributed by atoms with Crippen molar-refractivity contribution in [2.45, 2.75) is 65.4 Å². The van der Waals surface area contributed by atoms with Crippen LogP contribution in [0.1, 0.15) is 67.6 Å². The number of esters is 1. The molecule has 0 radical (unpaired) electrons. The monoisotopic (exact) mass is 400 g/mol. The minimum atomic E-state index is -1.00. The zero-order valence-corrected chi connectivity index (χ0v) is 17.2. The van der Waals surface area contributed by atoms with Crippen LogP contribution in [-0.2, 0) is 20.7 Å². The maximum absolute atomic E-state index is 12.3. The molecular formula is C22H28N2O5. The minimum Gasteiger partial charge on any atom is -0.453 e. The lowest BCUT2D eigenvalue weighted by Crippen LogP contribution is -2.30. The average Bonchev–Trinajstić information content (AvgIpc) is 3.11. The third-order valence-electron chi connectivity index (χ3n) is 4.46. The van der Waals surface area contributed by atoms with Gasteiger partial charge in [0.25, 0.3) is 5.91 Å². The Morgan fingerprint density at radius 3 is 2.48 bits per heavy atom. The fraction of sp³-hybridized carbons (Fsp3) is 0.455. The SMILES string of the molecule is CCCCCc1ccc(C(=O)CCC(=O)OC(C)C(=O)Nc2cc(C)on2)cc1. The van der Waals surface area contributed by atoms with Crippen molar-refractivity contribution in [2.24, 2.45) is 0 Å². The molecule has 1 aromatic heterocycles. The molecule has 1 unspecified atom stereocenters. The maximum Gasteiger partial charge on any atom is 0.307 e. The van der Waals surface area contributed by atoms with Gasteiger partial charge in [0.05, 0.1) is 6.42 Å². The molecule has 0 aliphatic heterocycles. The summed E-state index contributed by atoms with van der Waals surface area (Å²) in [5, 5.41) is 6.14. The Kier molecular flexibility index (Phi) is 8.58. The number of aromatic nitrogens is 1. The van der Waals surface area contributed by atoms with E-state index in [9.17, 15) is 14.4 Å². The Morgan fingerprint density at radius 2 is 1.86 bits per heavy atom. The van der Waals surface area contributed by atoms with Crippen LogP contribution in [0.2, 0.25) is 0 Å². The normalized spacial score (nSPS) is 11.7. The van der Waals surface area contributed by atoms with E-state index < -0.39 is 18.0 Å². The number of hydrogen-bond acceptors (Lipinski definition) is 6. The third kappa shape index (κ3) is 7.52. The van der Waals surface area contributed by atoms with Crippen LogP contribution in [0.5, 0.6) is 0 Å². The fourth-order valence-corrected chi connectivity index (χ4v) is 2.76. The summed E-state index contributed by atoms with van der Waals surface area (Å²) in [5.41, 5.74) is 1.78. The minimum absolute atomic E-state index is 0.0326. The molecule has 1 amide bonds. The van der Waals surface area contributed by atoms with E-state index in [4.69, 9.17) is 9.26 Å². The number of carbonyl (C=O) groups is 3. The molecule has 2 aromatic rings. The van der Waals surface area contributed by atoms with Crippen LogP contribution in [-0.4, -0.2) is 28.9 Å². The lowest BCUT2D eigenvalue weighted by molar-refractivity contribution is -0.153. The van der Waals surface area contributed by atoms with Crippen molar-refractivity contribution >= 4 is 23.5 Å². The summed E-state index contributed by atoms with van der Waals surface area (Å²) in [4.78, 5) is 36.2. The Morgan fingerprint density at radius 1 is 1.14 bits per heavy atom. The summed E-state index contributed by atoms with van der Waals surface area (Å²) >= 11 is 0. The summed E-state index contributed by atoms with van der Waals surface area (Å²) in [7, 11) is 0. The second kappa shape index (κ2) is 11.1. The summed E-state index contributed by atoms with van der Waals surface area (Å²) in [6, 6.07) is 9.06. The van der Waals surface area contributed by atoms with Crippen molar-refractivity contribution < 1.29 is 23.6 Å². The van der Waals surface area contributed by atoms with Crippen molar-refractivity contribution in [3.8, 4) is 0 Å². The van der Waals surface area contributed by atoms with Crippen molar-refractivity contribution in [2.75, 3.05) is 5.32 Å². The van der Waals surface area contributed by atoms with Gasteiger partial charge in [-0.1, -0.05) is 49.2 Å². The summed E-state index contributed by atoms with van der Waals surface area (Å²) in [5.74, 6) is -0.441. The van der Waals surface area contributed by atoms with Crippen LogP contribution in [0.4, 0.5) is 5.82 Å². The summed E-state index contributed by atoms with van der Waals surface area (Å²) in [6.07, 6.45) is 3.45. The largest absolute Gasteiger partial charge is 0.453 e. The van der Waals surface area contributed by atoms with Crippen LogP contribution >= 0.6 is 0 Å². The van der Waals surface area contributed by atoms with Crippen LogP contribution in [0.3, 0.4) is 0 Å². The predicted octanol–water partition coefficient (Wildman–Crippen LogP) is 4.25. The number of Topliss-reactive ketones (excluding diaryl/α,β-unsaturated/α-hetero) is 1. The number of hydrogen-bond donors (Lipinski definition) is 1. The number of nitrogens with zero attached hydrogens (tertiary/aromatic N) is 1. The molecule has 0 bridgehead atoms. The van der Waals surface area contributed by atoms with Gasteiger partial charge in [0, 0.05) is 18.1 Å². The molecule has 0 saturated carbocycles. The molecule has 29 heavy (non-hydrogen) atoms. The van der Waals surface area contributed by atoms with Crippen molar-refractivity contribution in [3.63, 3.8) is 0 Å². The van der Waals surface area contributed by atoms with Crippen LogP contribution in [0.15, 0.2) is 34.9 Å². The first-order valence-electron chi connectivity index (χ1n) is 9.95. The Balaban J connectivity index is 1.74. The number of benzene rings is 1. The van der Waals surface area contributed by atoms with E-state index in [0.717, 1.165) is 12.8 Å². The van der Waals surface area contributed by atoms with Gasteiger partial charge in [-0.05, 0) is 32.3 Å². The molecule has 2 rings (SSSR count). The lowest BCUT2D eigenvalue weighted by Gasteiger charge is -2.12. The molecule has 1 atom stereocenters. The molecule has 1 heterocycles. The van der Waals surface area contributed by atoms with E-state index in [0.29, 0.717) is 11.3 Å². The zero-order valence-electron chi connectivity index (χ0n) is 17.2. The number of amides is 1. The third-order valence-corrected chi connectivity index (χ3v) is 4.46. The van der Waals surface area contributed by atoms with Gasteiger partial charge in [-0.3, -0.25) is 14.4 Å². The number of rotatable bonds is 11. The second-order valence-corrected chi connectivity index (χ2v) is 7.02. The fourth-order valence-electron chi connectivity index (χ4n) is 2.76. The van der Waals surface area contributed by atoms with Gasteiger partial charge < -0.3 is 14.6 Å². The predicted molar refractivity (Wildman–Crippen MR) is 109 cm³/mol. The topological polar surface area (TPSA) is 98.5 Å². The van der Waals surface area contributed by atoms with Crippen LogP contribution in [0, 0.1) is 6.92 Å². The van der Waals surface area contributed by atoms with Crippen molar-refractivity contribution in [3.05, 3.63) is 47.2 Å². The van der Waals surface area contributed by atoms with Gasteiger partial charge in [-0.25, -0.2) is 0 Å². The molecular weight excluding hydrogens is 372 g/mol.